The number of benzene rings is 4. The average Bonchev–Trinajstić information content (AvgIpc) is 0.794. The summed E-state index contributed by atoms with van der Waals surface area (Å²) < 4.78 is 11.1. The van der Waals surface area contributed by atoms with Crippen LogP contribution in [0.15, 0.2) is 211 Å². The number of carboxylic acid groups (broad SMARTS) is 2. The minimum Gasteiger partial charge on any atom is -0.872 e. The third kappa shape index (κ3) is 33.0. The van der Waals surface area contributed by atoms with Crippen molar-refractivity contribution >= 4 is 114 Å². The number of aliphatic hydroxyl groups excluding tert-OH is 5. The first-order valence-corrected chi connectivity index (χ1v) is 40.7. The molecule has 4 aromatic carbocycles. The largest absolute Gasteiger partial charge is 0.872 e. The summed E-state index contributed by atoms with van der Waals surface area (Å²) in [5.41, 5.74) is 5.03. The number of carboxylic acids is 2. The molecule has 0 aliphatic heterocycles. The Morgan fingerprint density at radius 2 is 0.685 bits per heavy atom. The number of aromatic carboxylic acids is 2. The minimum absolute atomic E-state index is 0. The van der Waals surface area contributed by atoms with Gasteiger partial charge < -0.3 is 80.7 Å². The first-order valence-electron chi connectivity index (χ1n) is 40.7. The van der Waals surface area contributed by atoms with E-state index < -0.39 is 23.9 Å². The number of nitrogens with one attached hydrogen (secondary N) is 1. The van der Waals surface area contributed by atoms with Gasteiger partial charge in [-0.3, -0.25) is 4.98 Å². The van der Waals surface area contributed by atoms with Crippen LogP contribution < -0.4 is 35.7 Å². The molecule has 0 amide bonds. The number of azo groups is 4. The van der Waals surface area contributed by atoms with Crippen molar-refractivity contribution < 1.29 is 128 Å². The molecule has 0 aliphatic carbocycles. The fourth-order valence-corrected chi connectivity index (χ4v) is 12.0. The van der Waals surface area contributed by atoms with Gasteiger partial charge in [0, 0.05) is 69.0 Å². The van der Waals surface area contributed by atoms with Gasteiger partial charge in [-0.2, -0.15) is 0 Å². The number of quaternary nitrogens is 2. The van der Waals surface area contributed by atoms with Crippen LogP contribution in [0.1, 0.15) is 143 Å². The van der Waals surface area contributed by atoms with E-state index in [1.54, 1.807) is 130 Å². The van der Waals surface area contributed by atoms with Gasteiger partial charge in [-0.25, -0.2) is 49.3 Å². The van der Waals surface area contributed by atoms with Crippen molar-refractivity contribution in [2.75, 3.05) is 79.0 Å². The monoisotopic (exact) mass is 1820 g/mol. The Morgan fingerprint density at radius 3 is 0.937 bits per heavy atom. The van der Waals surface area contributed by atoms with Crippen LogP contribution in [0.3, 0.4) is 0 Å². The van der Waals surface area contributed by atoms with Crippen molar-refractivity contribution in [3.8, 4) is 23.0 Å². The number of aryl methyl sites for hydroxylation is 4. The number of ether oxygens (including phenoxy) is 2. The van der Waals surface area contributed by atoms with Gasteiger partial charge in [0.15, 0.2) is 23.3 Å². The molecular weight excluding hydrogens is 1720 g/mol. The Morgan fingerprint density at radius 1 is 0.402 bits per heavy atom. The number of fused-ring (bicyclic) bond motifs is 4. The smallest absolute Gasteiger partial charge is 0.340 e. The SMILES string of the molecule is CCCCC(CC)COC(=O)c1cc2c([O-])ccc(N=Nc3ccccn3)c2nc1C.CCCCC(CC)COC(=O)c1cc2c([O-])ccc(N=Nc3ccccn3)c2nc1C.Cc1nc2c(N=Nc3ccccn3)ccc([O-])c2cc1C(=O)O.Cc1nc2c(N=Nc3ccccn3)ccc([O-])c2cc1C(=O)[O-].OCC[NH+](CCO)CCO.OCC[NH2+]CCO.[Ni].[Ni]. The van der Waals surface area contributed by atoms with Crippen LogP contribution in [0.25, 0.3) is 43.6 Å². The summed E-state index contributed by atoms with van der Waals surface area (Å²) in [7, 11) is 0. The van der Waals surface area contributed by atoms with Gasteiger partial charge in [0.1, 0.15) is 42.4 Å². The predicted octanol–water partition coefficient (Wildman–Crippen LogP) is 10.9. The van der Waals surface area contributed by atoms with Gasteiger partial charge in [-0.15, -0.1) is 40.9 Å². The number of carbonyl (C=O) groups excluding carboxylic acids is 3. The molecule has 127 heavy (non-hydrogen) atoms. The Balaban J connectivity index is 0.000000283. The van der Waals surface area contributed by atoms with Gasteiger partial charge in [-0.05, 0) is 171 Å². The molecule has 8 aromatic heterocycles. The Kier molecular flexibility index (Phi) is 46.5. The van der Waals surface area contributed by atoms with E-state index in [2.05, 4.69) is 108 Å². The van der Waals surface area contributed by atoms with Crippen LogP contribution in [0.5, 0.6) is 23.0 Å². The zero-order valence-electron chi connectivity index (χ0n) is 71.5. The molecule has 678 valence electrons. The van der Waals surface area contributed by atoms with E-state index in [0.29, 0.717) is 165 Å². The van der Waals surface area contributed by atoms with Crippen LogP contribution in [-0.4, -0.2) is 173 Å². The molecule has 37 heteroatoms. The summed E-state index contributed by atoms with van der Waals surface area (Å²) in [6, 6.07) is 38.3. The van der Waals surface area contributed by atoms with E-state index in [1.165, 1.54) is 55.5 Å². The fraction of sp³-hybridized carbons (Fsp3) is 0.333. The van der Waals surface area contributed by atoms with E-state index in [4.69, 9.17) is 40.1 Å². The standard InChI is InChI=1S/2C24H28N4O3.2C16H12N4O3.C6H15NO3.C4H11NO2.2Ni/c2*1-4-6-9-17(5-2)15-31-24(30)18-14-19-21(29)12-11-20(23(19)26-16(18)3)27-28-22-10-7-8-13-25-22;2*1-9-10(16(22)23)8-11-13(21)6-5-12(15(11)18-9)19-20-14-4-2-3-7-17-14;8-4-1-7(2-5-9)3-6-10;6-3-1-5-2-4-7;;/h2*7-8,10-14,17,29H,4-6,9,15H2,1-3H3;2*2-8,21H,1H3,(H,22,23);8-10H,1-6H2;5-7H,1-4H2;;/p-3. The molecule has 9 N–H and O–H groups in total. The molecule has 0 bridgehead atoms. The molecular formula is C90H103N18Ni2O17-3. The third-order valence-electron chi connectivity index (χ3n) is 19.0. The molecule has 0 spiro atoms. The maximum absolute atomic E-state index is 12.7. The maximum atomic E-state index is 12.7. The van der Waals surface area contributed by atoms with Gasteiger partial charge in [0.2, 0.25) is 0 Å². The number of nitrogens with zero attached hydrogens (tertiary/aromatic N) is 16. The van der Waals surface area contributed by atoms with Crippen molar-refractivity contribution in [2.45, 2.75) is 107 Å². The molecule has 35 nitrogen and oxygen atoms in total. The van der Waals surface area contributed by atoms with Crippen molar-refractivity contribution in [2.24, 2.45) is 52.7 Å². The molecule has 0 aliphatic rings. The molecule has 12 rings (SSSR count). The topological polar surface area (TPSA) is 546 Å². The summed E-state index contributed by atoms with van der Waals surface area (Å²) >= 11 is 0. The third-order valence-corrected chi connectivity index (χ3v) is 19.0. The van der Waals surface area contributed by atoms with Crippen molar-refractivity contribution in [1.82, 2.24) is 39.9 Å². The van der Waals surface area contributed by atoms with E-state index in [9.17, 15) is 44.7 Å². The molecule has 0 radical (unpaired) electrons. The summed E-state index contributed by atoms with van der Waals surface area (Å²) in [5.74, 6) is -2.13. The number of carbonyl (C=O) groups is 4. The van der Waals surface area contributed by atoms with E-state index in [1.807, 2.05) is 17.4 Å². The fourth-order valence-electron chi connectivity index (χ4n) is 12.0. The molecule has 0 saturated heterocycles. The van der Waals surface area contributed by atoms with E-state index in [0.717, 1.165) is 56.3 Å². The zero-order valence-corrected chi connectivity index (χ0v) is 73.5. The second-order valence-electron chi connectivity index (χ2n) is 28.1. The van der Waals surface area contributed by atoms with Crippen LogP contribution in [0, 0.1) is 39.5 Å². The first kappa shape index (κ1) is 105. The summed E-state index contributed by atoms with van der Waals surface area (Å²) in [5, 5.41) is 146. The van der Waals surface area contributed by atoms with Crippen LogP contribution in [-0.2, 0) is 42.5 Å². The molecule has 12 aromatic rings. The van der Waals surface area contributed by atoms with Gasteiger partial charge in [-0.1, -0.05) is 138 Å². The number of aromatic nitrogens is 8. The summed E-state index contributed by atoms with van der Waals surface area (Å²) in [4.78, 5) is 82.3. The van der Waals surface area contributed by atoms with E-state index in [-0.39, 0.29) is 117 Å². The maximum Gasteiger partial charge on any atom is 0.340 e. The minimum atomic E-state index is -1.38. The van der Waals surface area contributed by atoms with Crippen molar-refractivity contribution in [1.29, 1.82) is 0 Å². The van der Waals surface area contributed by atoms with Gasteiger partial charge in [0.25, 0.3) is 0 Å². The van der Waals surface area contributed by atoms with Crippen molar-refractivity contribution in [3.63, 3.8) is 0 Å². The number of aliphatic hydroxyl groups is 5. The predicted molar refractivity (Wildman–Crippen MR) is 458 cm³/mol. The number of esters is 2. The van der Waals surface area contributed by atoms with Crippen LogP contribution >= 0.6 is 0 Å². The van der Waals surface area contributed by atoms with Crippen molar-refractivity contribution in [3.05, 3.63) is 215 Å². The Labute approximate surface area is 754 Å². The number of nitrogens with two attached hydrogens (primary N) is 1. The molecule has 8 heterocycles. The second kappa shape index (κ2) is 56.3. The van der Waals surface area contributed by atoms with Crippen LogP contribution in [0.4, 0.5) is 46.0 Å². The van der Waals surface area contributed by atoms with E-state index >= 15 is 0 Å². The summed E-state index contributed by atoms with van der Waals surface area (Å²) in [6.07, 6.45) is 14.9. The van der Waals surface area contributed by atoms with Gasteiger partial charge in [0.05, 0.1) is 121 Å². The van der Waals surface area contributed by atoms with Gasteiger partial charge >= 0.3 is 17.9 Å². The average molecular weight is 1830 g/mol. The molecule has 2 atom stereocenters. The first-order chi connectivity index (χ1) is 60.4. The number of rotatable bonds is 34. The Bertz CT molecular complexity index is 5260. The zero-order chi connectivity index (χ0) is 90.6. The molecule has 2 unspecified atom stereocenters. The molecule has 0 fully saturated rings. The number of unbranched alkanes of at least 4 members (excludes halogenated alkanes) is 2. The quantitative estimate of drug-likeness (QED) is 0.00803. The Hall–Kier alpha value is -12.7. The van der Waals surface area contributed by atoms with Crippen LogP contribution in [0.2, 0.25) is 0 Å². The second-order valence-corrected chi connectivity index (χ2v) is 28.1. The normalized spacial score (nSPS) is 11.4. The molecule has 0 saturated carbocycles. The summed E-state index contributed by atoms with van der Waals surface area (Å²) in [6.45, 7) is 19.7. The number of hydrogen-bond donors (Lipinski definition) is 8. The number of pyridine rings is 8. The number of hydrogen-bond acceptors (Lipinski definition) is 32.